The van der Waals surface area contributed by atoms with Gasteiger partial charge in [0, 0.05) is 6.20 Å². The molecule has 0 aromatic carbocycles. The summed E-state index contributed by atoms with van der Waals surface area (Å²) < 4.78 is 0. The monoisotopic (exact) mass is 192 g/mol. The van der Waals surface area contributed by atoms with E-state index >= 15 is 0 Å². The molecule has 0 aliphatic rings. The van der Waals surface area contributed by atoms with Crippen molar-refractivity contribution in [2.45, 2.75) is 45.6 Å². The second-order valence-corrected chi connectivity index (χ2v) is 5.37. The number of pyridine rings is 1. The van der Waals surface area contributed by atoms with Crippen molar-refractivity contribution in [3.05, 3.63) is 29.6 Å². The Morgan fingerprint density at radius 3 is 2.07 bits per heavy atom. The molecule has 14 heavy (non-hydrogen) atoms. The molecule has 0 unspecified atom stereocenters. The van der Waals surface area contributed by atoms with Crippen molar-refractivity contribution in [3.8, 4) is 0 Å². The zero-order chi connectivity index (χ0) is 11.0. The molecule has 0 bridgehead atoms. The van der Waals surface area contributed by atoms with Crippen LogP contribution in [0.1, 0.15) is 45.9 Å². The molecule has 0 amide bonds. The quantitative estimate of drug-likeness (QED) is 0.742. The van der Waals surface area contributed by atoms with E-state index in [0.717, 1.165) is 5.69 Å². The van der Waals surface area contributed by atoms with Crippen LogP contribution in [-0.4, -0.2) is 4.98 Å². The average molecular weight is 192 g/mol. The molecular formula is C12H20N2. The second kappa shape index (κ2) is 3.35. The molecule has 0 aliphatic heterocycles. The summed E-state index contributed by atoms with van der Waals surface area (Å²) in [7, 11) is 0. The smallest absolute Gasteiger partial charge is 0.0633 e. The van der Waals surface area contributed by atoms with Gasteiger partial charge in [-0.2, -0.15) is 0 Å². The third kappa shape index (κ3) is 2.32. The van der Waals surface area contributed by atoms with Crippen molar-refractivity contribution < 1.29 is 0 Å². The largest absolute Gasteiger partial charge is 0.321 e. The molecule has 2 nitrogen and oxygen atoms in total. The lowest BCUT2D eigenvalue weighted by molar-refractivity contribution is 0.494. The Labute approximate surface area is 86.5 Å². The Hall–Kier alpha value is -0.890. The first kappa shape index (κ1) is 11.2. The van der Waals surface area contributed by atoms with Gasteiger partial charge < -0.3 is 5.73 Å². The van der Waals surface area contributed by atoms with Crippen molar-refractivity contribution in [1.29, 1.82) is 0 Å². The molecule has 2 heteroatoms. The Bertz CT molecular complexity index is 283. The van der Waals surface area contributed by atoms with Crippen LogP contribution in [0.2, 0.25) is 0 Å². The molecule has 0 atom stereocenters. The number of nitrogens with two attached hydrogens (primary N) is 1. The van der Waals surface area contributed by atoms with Gasteiger partial charge in [0.05, 0.1) is 11.2 Å². The van der Waals surface area contributed by atoms with E-state index in [9.17, 15) is 0 Å². The molecule has 0 radical (unpaired) electrons. The zero-order valence-corrected chi connectivity index (χ0v) is 9.76. The normalized spacial score (nSPS) is 13.0. The maximum Gasteiger partial charge on any atom is 0.0633 e. The lowest BCUT2D eigenvalue weighted by atomic mass is 9.81. The number of aromatic nitrogens is 1. The van der Waals surface area contributed by atoms with E-state index in [0.29, 0.717) is 0 Å². The van der Waals surface area contributed by atoms with Crippen molar-refractivity contribution in [2.75, 3.05) is 0 Å². The summed E-state index contributed by atoms with van der Waals surface area (Å²) in [5.41, 5.74) is 8.04. The molecule has 78 valence electrons. The summed E-state index contributed by atoms with van der Waals surface area (Å²) in [6, 6.07) is 4.08. The van der Waals surface area contributed by atoms with E-state index in [2.05, 4.69) is 31.8 Å². The van der Waals surface area contributed by atoms with Crippen LogP contribution in [0.15, 0.2) is 18.3 Å². The van der Waals surface area contributed by atoms with Gasteiger partial charge in [0.2, 0.25) is 0 Å². The van der Waals surface area contributed by atoms with Crippen molar-refractivity contribution >= 4 is 0 Å². The first-order valence-electron chi connectivity index (χ1n) is 4.98. The summed E-state index contributed by atoms with van der Waals surface area (Å²) >= 11 is 0. The zero-order valence-electron chi connectivity index (χ0n) is 9.76. The van der Waals surface area contributed by atoms with Gasteiger partial charge in [0.15, 0.2) is 0 Å². The van der Waals surface area contributed by atoms with E-state index in [4.69, 9.17) is 5.73 Å². The van der Waals surface area contributed by atoms with Gasteiger partial charge in [0.1, 0.15) is 0 Å². The fourth-order valence-electron chi connectivity index (χ4n) is 1.52. The maximum absolute atomic E-state index is 6.09. The van der Waals surface area contributed by atoms with E-state index < -0.39 is 0 Å². The van der Waals surface area contributed by atoms with Crippen LogP contribution < -0.4 is 5.73 Å². The Balaban J connectivity index is 3.31. The molecule has 0 aliphatic carbocycles. The van der Waals surface area contributed by atoms with Gasteiger partial charge in [-0.05, 0) is 30.9 Å². The topological polar surface area (TPSA) is 38.9 Å². The van der Waals surface area contributed by atoms with Gasteiger partial charge >= 0.3 is 0 Å². The van der Waals surface area contributed by atoms with Crippen molar-refractivity contribution in [3.63, 3.8) is 0 Å². The predicted octanol–water partition coefficient (Wildman–Crippen LogP) is 2.57. The fourth-order valence-corrected chi connectivity index (χ4v) is 1.52. The number of rotatable bonds is 1. The molecule has 1 aromatic heterocycles. The highest BCUT2D eigenvalue weighted by Gasteiger charge is 2.25. The first-order valence-corrected chi connectivity index (χ1v) is 4.98. The maximum atomic E-state index is 6.09. The van der Waals surface area contributed by atoms with Crippen LogP contribution in [0.3, 0.4) is 0 Å². The Kier molecular flexibility index (Phi) is 2.68. The highest BCUT2D eigenvalue weighted by molar-refractivity contribution is 5.31. The van der Waals surface area contributed by atoms with E-state index in [-0.39, 0.29) is 11.0 Å². The van der Waals surface area contributed by atoms with Crippen LogP contribution in [0.25, 0.3) is 0 Å². The average Bonchev–Trinajstić information content (AvgIpc) is 2.01. The highest BCUT2D eigenvalue weighted by atomic mass is 14.8. The molecular weight excluding hydrogens is 172 g/mol. The van der Waals surface area contributed by atoms with Gasteiger partial charge in [-0.1, -0.05) is 26.8 Å². The summed E-state index contributed by atoms with van der Waals surface area (Å²) in [6.45, 7) is 10.5. The minimum atomic E-state index is -0.371. The van der Waals surface area contributed by atoms with Gasteiger partial charge in [-0.25, -0.2) is 0 Å². The minimum absolute atomic E-state index is 0.0975. The molecule has 0 spiro atoms. The molecule has 1 heterocycles. The van der Waals surface area contributed by atoms with Crippen LogP contribution in [0.5, 0.6) is 0 Å². The molecule has 1 aromatic rings. The van der Waals surface area contributed by atoms with Crippen LogP contribution in [0, 0.1) is 0 Å². The van der Waals surface area contributed by atoms with E-state index in [1.165, 1.54) is 5.56 Å². The number of nitrogens with zero attached hydrogens (tertiary/aromatic N) is 1. The standard InChI is InChI=1S/C12H20N2/c1-11(2,3)9-7-6-8-14-10(9)12(4,5)13/h6-8H,13H2,1-5H3. The highest BCUT2D eigenvalue weighted by Crippen LogP contribution is 2.29. The summed E-state index contributed by atoms with van der Waals surface area (Å²) in [4.78, 5) is 4.39. The number of hydrogen-bond acceptors (Lipinski definition) is 2. The Morgan fingerprint density at radius 2 is 1.71 bits per heavy atom. The Morgan fingerprint density at radius 1 is 1.14 bits per heavy atom. The summed E-state index contributed by atoms with van der Waals surface area (Å²) in [5.74, 6) is 0. The lowest BCUT2D eigenvalue weighted by Gasteiger charge is -2.28. The van der Waals surface area contributed by atoms with E-state index in [1.54, 1.807) is 6.20 Å². The molecule has 0 saturated carbocycles. The molecule has 0 fully saturated rings. The SMILES string of the molecule is CC(C)(C)c1cccnc1C(C)(C)N. The van der Waals surface area contributed by atoms with Gasteiger partial charge in [0.25, 0.3) is 0 Å². The van der Waals surface area contributed by atoms with Crippen LogP contribution >= 0.6 is 0 Å². The lowest BCUT2D eigenvalue weighted by Crippen LogP contribution is -2.33. The fraction of sp³-hybridized carbons (Fsp3) is 0.583. The number of hydrogen-bond donors (Lipinski definition) is 1. The first-order chi connectivity index (χ1) is 6.23. The molecule has 0 saturated heterocycles. The van der Waals surface area contributed by atoms with Crippen LogP contribution in [-0.2, 0) is 11.0 Å². The van der Waals surface area contributed by atoms with Gasteiger partial charge in [-0.3, -0.25) is 4.98 Å². The van der Waals surface area contributed by atoms with Gasteiger partial charge in [-0.15, -0.1) is 0 Å². The summed E-state index contributed by atoms with van der Waals surface area (Å²) in [6.07, 6.45) is 1.80. The molecule has 1 rings (SSSR count). The van der Waals surface area contributed by atoms with E-state index in [1.807, 2.05) is 19.9 Å². The third-order valence-electron chi connectivity index (χ3n) is 2.23. The predicted molar refractivity (Wildman–Crippen MR) is 60.2 cm³/mol. The van der Waals surface area contributed by atoms with Crippen molar-refractivity contribution in [2.24, 2.45) is 5.73 Å². The summed E-state index contributed by atoms with van der Waals surface area (Å²) in [5, 5.41) is 0. The third-order valence-corrected chi connectivity index (χ3v) is 2.23. The second-order valence-electron chi connectivity index (χ2n) is 5.37. The van der Waals surface area contributed by atoms with Crippen molar-refractivity contribution in [1.82, 2.24) is 4.98 Å². The minimum Gasteiger partial charge on any atom is -0.321 e. The molecule has 2 N–H and O–H groups in total. The van der Waals surface area contributed by atoms with Crippen LogP contribution in [0.4, 0.5) is 0 Å².